The molecule has 2 amide bonds. The first kappa shape index (κ1) is 23.5. The summed E-state index contributed by atoms with van der Waals surface area (Å²) in [6, 6.07) is 17.5. The van der Waals surface area contributed by atoms with E-state index in [4.69, 9.17) is 4.74 Å². The largest absolute Gasteiger partial charge is 0.450 e. The van der Waals surface area contributed by atoms with Crippen LogP contribution in [-0.2, 0) is 16.0 Å². The Morgan fingerprint density at radius 1 is 1.00 bits per heavy atom. The molecule has 178 valence electrons. The van der Waals surface area contributed by atoms with Gasteiger partial charge in [-0.15, -0.1) is 0 Å². The molecule has 2 heterocycles. The van der Waals surface area contributed by atoms with E-state index in [2.05, 4.69) is 17.4 Å². The topological polar surface area (TPSA) is 80.6 Å². The van der Waals surface area contributed by atoms with Crippen molar-refractivity contribution >= 4 is 28.5 Å². The second-order valence-electron chi connectivity index (χ2n) is 8.60. The number of carbonyl (C=O) groups excluding carboxylic acids is 2. The van der Waals surface area contributed by atoms with Crippen LogP contribution in [0, 0.1) is 0 Å². The predicted molar refractivity (Wildman–Crippen MR) is 133 cm³/mol. The highest BCUT2D eigenvalue weighted by Crippen LogP contribution is 2.25. The van der Waals surface area contributed by atoms with Crippen LogP contribution in [0.15, 0.2) is 65.6 Å². The maximum atomic E-state index is 13.3. The van der Waals surface area contributed by atoms with Crippen LogP contribution in [0.3, 0.4) is 0 Å². The fourth-order valence-corrected chi connectivity index (χ4v) is 4.54. The van der Waals surface area contributed by atoms with E-state index in [0.717, 1.165) is 18.2 Å². The molecule has 1 fully saturated rings. The number of benzene rings is 2. The van der Waals surface area contributed by atoms with Crippen LogP contribution in [0.25, 0.3) is 10.8 Å². The van der Waals surface area contributed by atoms with Crippen LogP contribution in [0.4, 0.5) is 10.5 Å². The molecule has 3 aromatic rings. The van der Waals surface area contributed by atoms with E-state index >= 15 is 0 Å². The highest BCUT2D eigenvalue weighted by atomic mass is 16.6. The summed E-state index contributed by atoms with van der Waals surface area (Å²) in [6.45, 7) is 3.27. The Balaban J connectivity index is 1.42. The monoisotopic (exact) mass is 461 g/mol. The van der Waals surface area contributed by atoms with Gasteiger partial charge in [-0.1, -0.05) is 36.4 Å². The summed E-state index contributed by atoms with van der Waals surface area (Å²) in [6.07, 6.45) is 4.93. The zero-order chi connectivity index (χ0) is 23.9. The van der Waals surface area contributed by atoms with Crippen LogP contribution >= 0.6 is 0 Å². The molecule has 0 saturated carbocycles. The van der Waals surface area contributed by atoms with Crippen molar-refractivity contribution in [1.29, 1.82) is 0 Å². The molecule has 4 rings (SSSR count). The summed E-state index contributed by atoms with van der Waals surface area (Å²) in [4.78, 5) is 39.4. The first-order valence-electron chi connectivity index (χ1n) is 12.0. The fraction of sp³-hybridized carbons (Fsp3) is 0.370. The van der Waals surface area contributed by atoms with Crippen molar-refractivity contribution in [2.24, 2.45) is 0 Å². The van der Waals surface area contributed by atoms with Crippen molar-refractivity contribution in [1.82, 2.24) is 9.47 Å². The number of hydrogen-bond acceptors (Lipinski definition) is 4. The summed E-state index contributed by atoms with van der Waals surface area (Å²) in [5.74, 6) is -0.0565. The Hall–Kier alpha value is -3.61. The number of carbonyl (C=O) groups is 2. The van der Waals surface area contributed by atoms with Crippen LogP contribution in [0.5, 0.6) is 0 Å². The lowest BCUT2D eigenvalue weighted by atomic mass is 10.0. The van der Waals surface area contributed by atoms with Gasteiger partial charge in [0, 0.05) is 48.2 Å². The maximum absolute atomic E-state index is 13.3. The minimum Gasteiger partial charge on any atom is -0.450 e. The van der Waals surface area contributed by atoms with Crippen molar-refractivity contribution in [2.45, 2.75) is 45.1 Å². The third kappa shape index (κ3) is 5.47. The molecule has 1 saturated heterocycles. The number of aromatic nitrogens is 1. The molecule has 34 heavy (non-hydrogen) atoms. The molecule has 0 aliphatic carbocycles. The second-order valence-corrected chi connectivity index (χ2v) is 8.60. The maximum Gasteiger partial charge on any atom is 0.409 e. The molecule has 0 bridgehead atoms. The number of aryl methyl sites for hydroxylation is 1. The average molecular weight is 462 g/mol. The number of ether oxygens (including phenoxy) is 1. The normalized spacial score (nSPS) is 14.2. The summed E-state index contributed by atoms with van der Waals surface area (Å²) in [5, 5.41) is 4.30. The van der Waals surface area contributed by atoms with Gasteiger partial charge in [0.2, 0.25) is 5.91 Å². The van der Waals surface area contributed by atoms with E-state index in [-0.39, 0.29) is 23.6 Å². The van der Waals surface area contributed by atoms with E-state index in [1.807, 2.05) is 30.3 Å². The molecule has 2 aromatic carbocycles. The van der Waals surface area contributed by atoms with Crippen molar-refractivity contribution in [2.75, 3.05) is 25.0 Å². The molecule has 7 heteroatoms. The van der Waals surface area contributed by atoms with Crippen molar-refractivity contribution in [3.05, 3.63) is 76.7 Å². The standard InChI is InChI=1S/C27H31N3O4/c1-2-34-27(33)29-17-14-21(15-18-29)30-19-16-22-23(26(30)32)11-7-12-24(22)28-25(31)13-6-10-20-8-4-3-5-9-20/h3-5,7-9,11-12,16,19,21H,2,6,10,13-15,17-18H2,1H3,(H,28,31). The summed E-state index contributed by atoms with van der Waals surface area (Å²) in [5.41, 5.74) is 1.80. The molecule has 0 spiro atoms. The average Bonchev–Trinajstić information content (AvgIpc) is 2.86. The lowest BCUT2D eigenvalue weighted by Gasteiger charge is -2.32. The van der Waals surface area contributed by atoms with E-state index in [0.29, 0.717) is 50.0 Å². The molecule has 0 atom stereocenters. The predicted octanol–water partition coefficient (Wildman–Crippen LogP) is 4.76. The van der Waals surface area contributed by atoms with Crippen molar-refractivity contribution in [3.63, 3.8) is 0 Å². The lowest BCUT2D eigenvalue weighted by Crippen LogP contribution is -2.41. The first-order chi connectivity index (χ1) is 16.6. The highest BCUT2D eigenvalue weighted by Gasteiger charge is 2.25. The number of piperidine rings is 1. The molecule has 1 aromatic heterocycles. The van der Waals surface area contributed by atoms with Crippen molar-refractivity contribution in [3.8, 4) is 0 Å². The lowest BCUT2D eigenvalue weighted by molar-refractivity contribution is -0.116. The minimum absolute atomic E-state index is 0.0267. The van der Waals surface area contributed by atoms with E-state index in [1.54, 1.807) is 34.7 Å². The molecular weight excluding hydrogens is 430 g/mol. The third-order valence-corrected chi connectivity index (χ3v) is 6.34. The Labute approximate surface area is 199 Å². The van der Waals surface area contributed by atoms with Gasteiger partial charge in [-0.05, 0) is 56.4 Å². The molecule has 0 radical (unpaired) electrons. The van der Waals surface area contributed by atoms with Crippen LogP contribution < -0.4 is 10.9 Å². The van der Waals surface area contributed by atoms with Gasteiger partial charge in [0.15, 0.2) is 0 Å². The van der Waals surface area contributed by atoms with Gasteiger partial charge in [0.1, 0.15) is 0 Å². The van der Waals surface area contributed by atoms with E-state index in [1.165, 1.54) is 5.56 Å². The molecule has 7 nitrogen and oxygen atoms in total. The number of likely N-dealkylation sites (tertiary alicyclic amines) is 1. The Morgan fingerprint density at radius 3 is 2.50 bits per heavy atom. The van der Waals surface area contributed by atoms with Gasteiger partial charge < -0.3 is 19.5 Å². The SMILES string of the molecule is CCOC(=O)N1CCC(n2ccc3c(NC(=O)CCCc4ccccc4)cccc3c2=O)CC1. The van der Waals surface area contributed by atoms with Gasteiger partial charge >= 0.3 is 6.09 Å². The van der Waals surface area contributed by atoms with Gasteiger partial charge in [-0.3, -0.25) is 9.59 Å². The minimum atomic E-state index is -0.295. The highest BCUT2D eigenvalue weighted by molar-refractivity contribution is 6.01. The first-order valence-corrected chi connectivity index (χ1v) is 12.0. The van der Waals surface area contributed by atoms with Gasteiger partial charge in [0.05, 0.1) is 6.61 Å². The van der Waals surface area contributed by atoms with Crippen LogP contribution in [0.2, 0.25) is 0 Å². The number of rotatable bonds is 7. The van der Waals surface area contributed by atoms with Gasteiger partial charge in [0.25, 0.3) is 5.56 Å². The number of anilines is 1. The van der Waals surface area contributed by atoms with Crippen molar-refractivity contribution < 1.29 is 14.3 Å². The van der Waals surface area contributed by atoms with Gasteiger partial charge in [-0.25, -0.2) is 4.79 Å². The number of fused-ring (bicyclic) bond motifs is 1. The van der Waals surface area contributed by atoms with Crippen LogP contribution in [0.1, 0.15) is 44.2 Å². The van der Waals surface area contributed by atoms with Gasteiger partial charge in [-0.2, -0.15) is 0 Å². The molecule has 1 N–H and O–H groups in total. The van der Waals surface area contributed by atoms with Crippen LogP contribution in [-0.4, -0.2) is 41.2 Å². The van der Waals surface area contributed by atoms with E-state index < -0.39 is 0 Å². The molecule has 1 aliphatic heterocycles. The quantitative estimate of drug-likeness (QED) is 0.550. The Kier molecular flexibility index (Phi) is 7.62. The summed E-state index contributed by atoms with van der Waals surface area (Å²) < 4.78 is 6.84. The summed E-state index contributed by atoms with van der Waals surface area (Å²) in [7, 11) is 0. The number of nitrogens with zero attached hydrogens (tertiary/aromatic N) is 2. The zero-order valence-electron chi connectivity index (χ0n) is 19.5. The zero-order valence-corrected chi connectivity index (χ0v) is 19.5. The Morgan fingerprint density at radius 2 is 1.76 bits per heavy atom. The molecule has 0 unspecified atom stereocenters. The summed E-state index contributed by atoms with van der Waals surface area (Å²) >= 11 is 0. The number of hydrogen-bond donors (Lipinski definition) is 1. The Bertz CT molecular complexity index is 1200. The fourth-order valence-electron chi connectivity index (χ4n) is 4.54. The smallest absolute Gasteiger partial charge is 0.409 e. The third-order valence-electron chi connectivity index (χ3n) is 6.34. The molecule has 1 aliphatic rings. The number of amides is 2. The van der Waals surface area contributed by atoms with E-state index in [9.17, 15) is 14.4 Å². The number of pyridine rings is 1. The molecular formula is C27H31N3O4. The second kappa shape index (κ2) is 11.0. The number of nitrogens with one attached hydrogen (secondary N) is 1.